The van der Waals surface area contributed by atoms with Crippen LogP contribution in [0.3, 0.4) is 0 Å². The van der Waals surface area contributed by atoms with Gasteiger partial charge in [0, 0.05) is 6.61 Å². The van der Waals surface area contributed by atoms with Gasteiger partial charge in [-0.25, -0.2) is 0 Å². The molecule has 4 aromatic heterocycles. The van der Waals surface area contributed by atoms with Gasteiger partial charge < -0.3 is 9.15 Å². The van der Waals surface area contributed by atoms with Crippen molar-refractivity contribution < 1.29 is 9.15 Å². The van der Waals surface area contributed by atoms with E-state index >= 15 is 0 Å². The zero-order chi connectivity index (χ0) is 18.8. The minimum absolute atomic E-state index is 0.211. The van der Waals surface area contributed by atoms with Gasteiger partial charge in [-0.2, -0.15) is 0 Å². The summed E-state index contributed by atoms with van der Waals surface area (Å²) in [5, 5.41) is 22.1. The molecule has 0 amide bonds. The normalized spacial score (nSPS) is 16.8. The van der Waals surface area contributed by atoms with E-state index in [9.17, 15) is 0 Å². The lowest BCUT2D eigenvalue weighted by molar-refractivity contribution is 0.0953. The fraction of sp³-hybridized carbons (Fsp3) is 0.333. The lowest BCUT2D eigenvalue weighted by atomic mass is 10.2. The molecule has 1 aliphatic heterocycles. The molecule has 1 saturated heterocycles. The maximum absolute atomic E-state index is 5.84. The van der Waals surface area contributed by atoms with Crippen molar-refractivity contribution in [1.29, 1.82) is 0 Å². The molecular weight excluding hydrogens is 414 g/mol. The molecule has 4 aromatic rings. The molecule has 0 aliphatic carbocycles. The Morgan fingerprint density at radius 2 is 1.93 bits per heavy atom. The Hall–Kier alpha value is -2.01. The third kappa shape index (κ3) is 3.77. The topological polar surface area (TPSA) is 78.9 Å². The van der Waals surface area contributed by atoms with Gasteiger partial charge in [0.05, 0.1) is 28.2 Å². The minimum Gasteiger partial charge on any atom is -0.419 e. The van der Waals surface area contributed by atoms with E-state index in [0.29, 0.717) is 17.5 Å². The monoisotopic (exact) mass is 431 g/mol. The quantitative estimate of drug-likeness (QED) is 0.396. The standard InChI is InChI=1S/C18H17N5O2S3/c1-4-12(24-7-1)10-23-16(13-5-2-8-26-13)20-22-18(23)28-11-15-19-21-17(25-15)14-6-3-9-27-14/h2-3,5-6,8-9,12H,1,4,7,10-11H2/t12-/m1/s1. The lowest BCUT2D eigenvalue weighted by Crippen LogP contribution is -2.16. The van der Waals surface area contributed by atoms with Crippen molar-refractivity contribution in [2.75, 3.05) is 6.61 Å². The van der Waals surface area contributed by atoms with E-state index in [2.05, 4.69) is 36.4 Å². The highest BCUT2D eigenvalue weighted by atomic mass is 32.2. The van der Waals surface area contributed by atoms with Gasteiger partial charge in [-0.15, -0.1) is 43.1 Å². The average molecular weight is 432 g/mol. The molecule has 10 heteroatoms. The van der Waals surface area contributed by atoms with Crippen molar-refractivity contribution in [2.45, 2.75) is 36.4 Å². The Bertz CT molecular complexity index is 1020. The number of rotatable bonds is 7. The second-order valence-corrected chi connectivity index (χ2v) is 9.13. The van der Waals surface area contributed by atoms with Gasteiger partial charge in [0.25, 0.3) is 5.89 Å². The van der Waals surface area contributed by atoms with E-state index in [0.717, 1.165) is 46.7 Å². The second-order valence-electron chi connectivity index (χ2n) is 6.30. The summed E-state index contributed by atoms with van der Waals surface area (Å²) in [6, 6.07) is 8.04. The molecule has 5 rings (SSSR count). The SMILES string of the molecule is c1csc(-c2nnc(CSc3nnc(-c4cccs4)n3C[C@H]3CCCO3)o2)c1. The summed E-state index contributed by atoms with van der Waals surface area (Å²) in [7, 11) is 0. The minimum atomic E-state index is 0.211. The van der Waals surface area contributed by atoms with Crippen LogP contribution in [0.15, 0.2) is 44.6 Å². The Morgan fingerprint density at radius 1 is 1.07 bits per heavy atom. The molecule has 7 nitrogen and oxygen atoms in total. The van der Waals surface area contributed by atoms with E-state index in [1.165, 1.54) is 0 Å². The molecule has 0 radical (unpaired) electrons. The van der Waals surface area contributed by atoms with Gasteiger partial charge in [0.2, 0.25) is 5.89 Å². The first kappa shape index (κ1) is 18.0. The highest BCUT2D eigenvalue weighted by Gasteiger charge is 2.22. The molecule has 144 valence electrons. The van der Waals surface area contributed by atoms with Crippen LogP contribution in [0.2, 0.25) is 0 Å². The molecule has 0 unspecified atom stereocenters. The van der Waals surface area contributed by atoms with Gasteiger partial charge in [-0.05, 0) is 35.7 Å². The Kier molecular flexibility index (Phi) is 5.26. The third-order valence-corrected chi connectivity index (χ3v) is 7.07. The number of ether oxygens (including phenoxy) is 1. The number of nitrogens with zero attached hydrogens (tertiary/aromatic N) is 5. The first-order valence-electron chi connectivity index (χ1n) is 8.94. The summed E-state index contributed by atoms with van der Waals surface area (Å²) in [5.41, 5.74) is 0. The van der Waals surface area contributed by atoms with Crippen LogP contribution in [-0.2, 0) is 17.0 Å². The molecule has 28 heavy (non-hydrogen) atoms. The summed E-state index contributed by atoms with van der Waals surface area (Å²) >= 11 is 4.81. The lowest BCUT2D eigenvalue weighted by Gasteiger charge is -2.13. The van der Waals surface area contributed by atoms with Crippen LogP contribution in [0.25, 0.3) is 21.5 Å². The van der Waals surface area contributed by atoms with Crippen LogP contribution < -0.4 is 0 Å². The zero-order valence-electron chi connectivity index (χ0n) is 14.9. The van der Waals surface area contributed by atoms with E-state index in [4.69, 9.17) is 9.15 Å². The molecular formula is C18H17N5O2S3. The van der Waals surface area contributed by atoms with Crippen molar-refractivity contribution in [3.8, 4) is 21.5 Å². The molecule has 0 N–H and O–H groups in total. The first-order chi connectivity index (χ1) is 13.9. The smallest absolute Gasteiger partial charge is 0.257 e. The molecule has 1 atom stereocenters. The van der Waals surface area contributed by atoms with Crippen molar-refractivity contribution in [3.05, 3.63) is 40.9 Å². The summed E-state index contributed by atoms with van der Waals surface area (Å²) in [5.74, 6) is 2.58. The molecule has 0 spiro atoms. The summed E-state index contributed by atoms with van der Waals surface area (Å²) < 4.78 is 13.8. The summed E-state index contributed by atoms with van der Waals surface area (Å²) in [6.45, 7) is 1.59. The summed E-state index contributed by atoms with van der Waals surface area (Å²) in [4.78, 5) is 2.08. The van der Waals surface area contributed by atoms with Crippen LogP contribution in [0.1, 0.15) is 18.7 Å². The van der Waals surface area contributed by atoms with Crippen molar-refractivity contribution in [2.24, 2.45) is 0 Å². The molecule has 5 heterocycles. The van der Waals surface area contributed by atoms with Gasteiger partial charge in [-0.1, -0.05) is 23.9 Å². The van der Waals surface area contributed by atoms with Gasteiger partial charge in [0.15, 0.2) is 11.0 Å². The van der Waals surface area contributed by atoms with E-state index in [1.807, 2.05) is 23.6 Å². The highest BCUT2D eigenvalue weighted by molar-refractivity contribution is 7.98. The first-order valence-corrected chi connectivity index (χ1v) is 11.7. The largest absolute Gasteiger partial charge is 0.419 e. The van der Waals surface area contributed by atoms with Crippen molar-refractivity contribution >= 4 is 34.4 Å². The van der Waals surface area contributed by atoms with E-state index < -0.39 is 0 Å². The highest BCUT2D eigenvalue weighted by Crippen LogP contribution is 2.31. The number of thioether (sulfide) groups is 1. The number of hydrogen-bond acceptors (Lipinski definition) is 9. The molecule has 0 bridgehead atoms. The van der Waals surface area contributed by atoms with Gasteiger partial charge in [-0.3, -0.25) is 4.57 Å². The molecule has 0 aromatic carbocycles. The van der Waals surface area contributed by atoms with Gasteiger partial charge >= 0.3 is 0 Å². The predicted molar refractivity (Wildman–Crippen MR) is 109 cm³/mol. The van der Waals surface area contributed by atoms with Crippen LogP contribution in [0.4, 0.5) is 0 Å². The van der Waals surface area contributed by atoms with E-state index in [1.54, 1.807) is 34.4 Å². The van der Waals surface area contributed by atoms with Crippen molar-refractivity contribution in [1.82, 2.24) is 25.0 Å². The fourth-order valence-corrected chi connectivity index (χ4v) is 5.22. The summed E-state index contributed by atoms with van der Waals surface area (Å²) in [6.07, 6.45) is 2.39. The van der Waals surface area contributed by atoms with E-state index in [-0.39, 0.29) is 6.10 Å². The van der Waals surface area contributed by atoms with Crippen LogP contribution in [-0.4, -0.2) is 37.7 Å². The number of hydrogen-bond donors (Lipinski definition) is 0. The average Bonchev–Trinajstić information content (AvgIpc) is 3.53. The van der Waals surface area contributed by atoms with Crippen LogP contribution in [0.5, 0.6) is 0 Å². The maximum atomic E-state index is 5.84. The van der Waals surface area contributed by atoms with Crippen molar-refractivity contribution in [3.63, 3.8) is 0 Å². The van der Waals surface area contributed by atoms with Crippen LogP contribution >= 0.6 is 34.4 Å². The van der Waals surface area contributed by atoms with Gasteiger partial charge in [0.1, 0.15) is 0 Å². The number of aromatic nitrogens is 5. The Labute approximate surface area is 173 Å². The number of thiophene rings is 2. The zero-order valence-corrected chi connectivity index (χ0v) is 17.3. The Morgan fingerprint density at radius 3 is 2.68 bits per heavy atom. The Balaban J connectivity index is 1.35. The maximum Gasteiger partial charge on any atom is 0.257 e. The molecule has 0 saturated carbocycles. The predicted octanol–water partition coefficient (Wildman–Crippen LogP) is 4.59. The fourth-order valence-electron chi connectivity index (χ4n) is 3.08. The molecule has 1 fully saturated rings. The molecule has 1 aliphatic rings. The second kappa shape index (κ2) is 8.16. The van der Waals surface area contributed by atoms with Crippen LogP contribution in [0, 0.1) is 0 Å². The third-order valence-electron chi connectivity index (χ3n) is 4.39.